The summed E-state index contributed by atoms with van der Waals surface area (Å²) in [5.74, 6) is 0.208. The van der Waals surface area contributed by atoms with Crippen molar-refractivity contribution in [2.45, 2.75) is 65.3 Å². The zero-order valence-corrected chi connectivity index (χ0v) is 15.3. The highest BCUT2D eigenvalue weighted by molar-refractivity contribution is 5.90. The van der Waals surface area contributed by atoms with Gasteiger partial charge in [0.1, 0.15) is 12.2 Å². The molecule has 2 N–H and O–H groups in total. The Kier molecular flexibility index (Phi) is 7.22. The van der Waals surface area contributed by atoms with Gasteiger partial charge in [-0.05, 0) is 44.2 Å². The van der Waals surface area contributed by atoms with E-state index in [0.29, 0.717) is 24.6 Å². The second-order valence-corrected chi connectivity index (χ2v) is 6.89. The normalized spacial score (nSPS) is 15.0. The number of anilines is 1. The van der Waals surface area contributed by atoms with Crippen LogP contribution in [-0.2, 0) is 16.1 Å². The predicted octanol–water partition coefficient (Wildman–Crippen LogP) is 2.59. The fourth-order valence-electron chi connectivity index (χ4n) is 3.25. The Morgan fingerprint density at radius 1 is 1.16 bits per heavy atom. The summed E-state index contributed by atoms with van der Waals surface area (Å²) in [6.45, 7) is 4.35. The number of aromatic nitrogens is 1. The summed E-state index contributed by atoms with van der Waals surface area (Å²) in [7, 11) is 0. The first-order valence-corrected chi connectivity index (χ1v) is 9.28. The van der Waals surface area contributed by atoms with Crippen LogP contribution in [0, 0.1) is 12.8 Å². The molecule has 1 fully saturated rings. The number of hydrogen-bond donors (Lipinski definition) is 2. The average Bonchev–Trinajstić information content (AvgIpc) is 2.60. The van der Waals surface area contributed by atoms with Gasteiger partial charge >= 0.3 is 0 Å². The largest absolute Gasteiger partial charge is 0.354 e. The van der Waals surface area contributed by atoms with Gasteiger partial charge in [0.15, 0.2) is 0 Å². The van der Waals surface area contributed by atoms with Gasteiger partial charge in [0.25, 0.3) is 5.56 Å². The summed E-state index contributed by atoms with van der Waals surface area (Å²) in [6.07, 6.45) is 7.17. The molecule has 1 saturated carbocycles. The lowest BCUT2D eigenvalue weighted by atomic mass is 9.89. The summed E-state index contributed by atoms with van der Waals surface area (Å²) in [6, 6.07) is 3.35. The quantitative estimate of drug-likeness (QED) is 0.795. The number of aryl methyl sites for hydroxylation is 1. The molecule has 0 aliphatic heterocycles. The maximum Gasteiger partial charge on any atom is 0.274 e. The van der Waals surface area contributed by atoms with Gasteiger partial charge in [-0.25, -0.2) is 0 Å². The molecule has 0 spiro atoms. The second-order valence-electron chi connectivity index (χ2n) is 6.89. The van der Waals surface area contributed by atoms with E-state index < -0.39 is 0 Å². The van der Waals surface area contributed by atoms with E-state index in [2.05, 4.69) is 10.6 Å². The Balaban J connectivity index is 1.98. The molecule has 0 atom stereocenters. The van der Waals surface area contributed by atoms with Crippen LogP contribution < -0.4 is 16.2 Å². The Labute approximate surface area is 149 Å². The van der Waals surface area contributed by atoms with Crippen LogP contribution in [-0.4, -0.2) is 22.9 Å². The Bertz CT molecular complexity index is 660. The van der Waals surface area contributed by atoms with Crippen LogP contribution in [0.15, 0.2) is 16.9 Å². The van der Waals surface area contributed by atoms with E-state index in [1.54, 1.807) is 19.1 Å². The highest BCUT2D eigenvalue weighted by Crippen LogP contribution is 2.22. The van der Waals surface area contributed by atoms with Crippen LogP contribution in [0.4, 0.5) is 5.69 Å². The average molecular weight is 347 g/mol. The van der Waals surface area contributed by atoms with Gasteiger partial charge < -0.3 is 15.2 Å². The van der Waals surface area contributed by atoms with Crippen LogP contribution in [0.5, 0.6) is 0 Å². The molecular formula is C19H29N3O3. The fraction of sp³-hybridized carbons (Fsp3) is 0.632. The van der Waals surface area contributed by atoms with Gasteiger partial charge in [0.2, 0.25) is 11.8 Å². The third kappa shape index (κ3) is 5.73. The molecule has 0 unspecified atom stereocenters. The molecule has 1 aliphatic carbocycles. The van der Waals surface area contributed by atoms with Gasteiger partial charge in [-0.15, -0.1) is 0 Å². The topological polar surface area (TPSA) is 80.2 Å². The molecule has 1 aliphatic rings. The number of nitrogens with zero attached hydrogens (tertiary/aromatic N) is 1. The van der Waals surface area contributed by atoms with Gasteiger partial charge in [-0.1, -0.05) is 26.2 Å². The van der Waals surface area contributed by atoms with Gasteiger partial charge in [0, 0.05) is 18.7 Å². The number of pyridine rings is 1. The van der Waals surface area contributed by atoms with Crippen LogP contribution in [0.3, 0.4) is 0 Å². The second kappa shape index (κ2) is 9.39. The molecule has 138 valence electrons. The fourth-order valence-corrected chi connectivity index (χ4v) is 3.25. The van der Waals surface area contributed by atoms with E-state index in [1.165, 1.54) is 23.8 Å². The maximum atomic E-state index is 12.5. The molecule has 2 amide bonds. The number of rotatable bonds is 7. The van der Waals surface area contributed by atoms with Crippen LogP contribution in [0.2, 0.25) is 0 Å². The van der Waals surface area contributed by atoms with Crippen molar-refractivity contribution >= 4 is 17.5 Å². The monoisotopic (exact) mass is 347 g/mol. The van der Waals surface area contributed by atoms with Crippen molar-refractivity contribution in [3.8, 4) is 0 Å². The minimum Gasteiger partial charge on any atom is -0.354 e. The summed E-state index contributed by atoms with van der Waals surface area (Å²) in [5, 5.41) is 5.58. The molecule has 25 heavy (non-hydrogen) atoms. The molecule has 0 bridgehead atoms. The number of nitrogens with one attached hydrogen (secondary N) is 2. The van der Waals surface area contributed by atoms with Crippen molar-refractivity contribution in [3.63, 3.8) is 0 Å². The number of amides is 2. The first-order valence-electron chi connectivity index (χ1n) is 9.28. The SMILES string of the molecule is CCCC(=O)Nc1ccc(C)n(CC(=O)NCC2CCCCC2)c1=O. The number of carbonyl (C=O) groups excluding carboxylic acids is 2. The smallest absolute Gasteiger partial charge is 0.274 e. The van der Waals surface area contributed by atoms with Crippen LogP contribution in [0.25, 0.3) is 0 Å². The third-order valence-electron chi connectivity index (χ3n) is 4.76. The lowest BCUT2D eigenvalue weighted by Gasteiger charge is -2.22. The minimum absolute atomic E-state index is 0.0190. The van der Waals surface area contributed by atoms with Crippen molar-refractivity contribution in [1.29, 1.82) is 0 Å². The minimum atomic E-state index is -0.336. The molecule has 0 saturated heterocycles. The van der Waals surface area contributed by atoms with Crippen molar-refractivity contribution in [1.82, 2.24) is 9.88 Å². The summed E-state index contributed by atoms with van der Waals surface area (Å²) in [5.41, 5.74) is 0.590. The van der Waals surface area contributed by atoms with E-state index >= 15 is 0 Å². The Morgan fingerprint density at radius 2 is 1.88 bits per heavy atom. The molecule has 0 aromatic carbocycles. The van der Waals surface area contributed by atoms with E-state index in [-0.39, 0.29) is 29.6 Å². The highest BCUT2D eigenvalue weighted by Gasteiger charge is 2.16. The first-order chi connectivity index (χ1) is 12.0. The van der Waals surface area contributed by atoms with Crippen molar-refractivity contribution in [2.24, 2.45) is 5.92 Å². The summed E-state index contributed by atoms with van der Waals surface area (Å²) in [4.78, 5) is 36.5. The zero-order valence-electron chi connectivity index (χ0n) is 15.3. The predicted molar refractivity (Wildman–Crippen MR) is 98.6 cm³/mol. The molecule has 2 rings (SSSR count). The lowest BCUT2D eigenvalue weighted by Crippen LogP contribution is -2.37. The molecule has 1 aromatic rings. The molecule has 1 aromatic heterocycles. The van der Waals surface area contributed by atoms with E-state index in [4.69, 9.17) is 0 Å². The van der Waals surface area contributed by atoms with Crippen LogP contribution in [0.1, 0.15) is 57.6 Å². The van der Waals surface area contributed by atoms with Crippen molar-refractivity contribution in [3.05, 3.63) is 28.2 Å². The molecule has 6 nitrogen and oxygen atoms in total. The van der Waals surface area contributed by atoms with E-state index in [0.717, 1.165) is 19.3 Å². The summed E-state index contributed by atoms with van der Waals surface area (Å²) >= 11 is 0. The molecule has 0 radical (unpaired) electrons. The molecular weight excluding hydrogens is 318 g/mol. The van der Waals surface area contributed by atoms with Crippen molar-refractivity contribution in [2.75, 3.05) is 11.9 Å². The Hall–Kier alpha value is -2.11. The number of carbonyl (C=O) groups is 2. The Morgan fingerprint density at radius 3 is 2.56 bits per heavy atom. The zero-order chi connectivity index (χ0) is 18.2. The highest BCUT2D eigenvalue weighted by atomic mass is 16.2. The maximum absolute atomic E-state index is 12.5. The number of hydrogen-bond acceptors (Lipinski definition) is 3. The van der Waals surface area contributed by atoms with E-state index in [1.807, 2.05) is 6.92 Å². The molecule has 6 heteroatoms. The molecule has 1 heterocycles. The van der Waals surface area contributed by atoms with Crippen molar-refractivity contribution < 1.29 is 9.59 Å². The third-order valence-corrected chi connectivity index (χ3v) is 4.76. The van der Waals surface area contributed by atoms with Gasteiger partial charge in [-0.3, -0.25) is 14.4 Å². The van der Waals surface area contributed by atoms with E-state index in [9.17, 15) is 14.4 Å². The summed E-state index contributed by atoms with van der Waals surface area (Å²) < 4.78 is 1.41. The lowest BCUT2D eigenvalue weighted by molar-refractivity contribution is -0.122. The van der Waals surface area contributed by atoms with Gasteiger partial charge in [0.05, 0.1) is 0 Å². The van der Waals surface area contributed by atoms with Gasteiger partial charge in [-0.2, -0.15) is 0 Å². The standard InChI is InChI=1S/C19H29N3O3/c1-3-7-17(23)21-16-11-10-14(2)22(19(16)25)13-18(24)20-12-15-8-5-4-6-9-15/h10-11,15H,3-9,12-13H2,1-2H3,(H,20,24)(H,21,23). The van der Waals surface area contributed by atoms with Crippen LogP contribution >= 0.6 is 0 Å². The first kappa shape index (κ1) is 19.2.